The highest BCUT2D eigenvalue weighted by molar-refractivity contribution is 6.19. The van der Waals surface area contributed by atoms with Crippen LogP contribution in [-0.4, -0.2) is 59.5 Å². The number of para-hydroxylation sites is 1. The number of benzene rings is 2. The summed E-state index contributed by atoms with van der Waals surface area (Å²) in [4.78, 5) is 36.7. The molecule has 3 atom stereocenters. The van der Waals surface area contributed by atoms with E-state index in [2.05, 4.69) is 20.6 Å². The summed E-state index contributed by atoms with van der Waals surface area (Å²) < 4.78 is 0. The molecule has 0 bridgehead atoms. The fourth-order valence-electron chi connectivity index (χ4n) is 3.95. The molecule has 0 fully saturated rings. The van der Waals surface area contributed by atoms with Crippen molar-refractivity contribution in [2.45, 2.75) is 31.7 Å². The van der Waals surface area contributed by atoms with Gasteiger partial charge in [0.1, 0.15) is 0 Å². The number of fused-ring (bicyclic) bond motifs is 1. The lowest BCUT2D eigenvalue weighted by atomic mass is 10.0. The monoisotopic (exact) mass is 471 g/mol. The normalized spacial score (nSPS) is 17.1. The third-order valence-corrected chi connectivity index (χ3v) is 5.90. The van der Waals surface area contributed by atoms with Crippen molar-refractivity contribution in [3.05, 3.63) is 95.8 Å². The maximum absolute atomic E-state index is 13.2. The van der Waals surface area contributed by atoms with Crippen LogP contribution < -0.4 is 15.5 Å². The lowest BCUT2D eigenvalue weighted by molar-refractivity contribution is -0.128. The Kier molecular flexibility index (Phi) is 7.64. The lowest BCUT2D eigenvalue weighted by Crippen LogP contribution is -2.52. The van der Waals surface area contributed by atoms with E-state index in [0.29, 0.717) is 23.5 Å². The summed E-state index contributed by atoms with van der Waals surface area (Å²) in [5.74, 6) is -0.744. The van der Waals surface area contributed by atoms with E-state index >= 15 is 0 Å². The standard InChI is InChI=1S/C27H29N5O3/c1-18(29-17-20(33)16-19-10-4-3-5-11-19)26(34)31-25-27(35)32(2)23-14-7-6-12-21(23)24(30-25)22-13-8-9-15-28-22/h3-15,18,20,25,29,33H,16-17H2,1-2H3,(H,31,34)/t18-,20?,25?/m0/s1. The Morgan fingerprint density at radius 3 is 2.51 bits per heavy atom. The summed E-state index contributed by atoms with van der Waals surface area (Å²) in [5.41, 5.74) is 3.60. The molecule has 4 rings (SSSR count). The van der Waals surface area contributed by atoms with Crippen molar-refractivity contribution in [1.82, 2.24) is 15.6 Å². The van der Waals surface area contributed by atoms with Gasteiger partial charge in [-0.15, -0.1) is 0 Å². The van der Waals surface area contributed by atoms with Gasteiger partial charge in [-0.2, -0.15) is 0 Å². The number of hydrogen-bond acceptors (Lipinski definition) is 6. The van der Waals surface area contributed by atoms with Crippen LogP contribution in [0.15, 0.2) is 84.0 Å². The van der Waals surface area contributed by atoms with Crippen LogP contribution in [0.25, 0.3) is 0 Å². The van der Waals surface area contributed by atoms with Gasteiger partial charge in [-0.05, 0) is 37.1 Å². The van der Waals surface area contributed by atoms with Gasteiger partial charge in [0.15, 0.2) is 0 Å². The maximum Gasteiger partial charge on any atom is 0.272 e. The van der Waals surface area contributed by atoms with Crippen molar-refractivity contribution < 1.29 is 14.7 Å². The van der Waals surface area contributed by atoms with E-state index in [4.69, 9.17) is 0 Å². The molecule has 0 aliphatic carbocycles. The number of pyridine rings is 1. The van der Waals surface area contributed by atoms with E-state index in [1.54, 1.807) is 20.2 Å². The quantitative estimate of drug-likeness (QED) is 0.465. The average Bonchev–Trinajstić information content (AvgIpc) is 2.99. The van der Waals surface area contributed by atoms with Gasteiger partial charge in [0.25, 0.3) is 5.91 Å². The first-order valence-electron chi connectivity index (χ1n) is 11.6. The molecule has 2 aromatic carbocycles. The van der Waals surface area contributed by atoms with Gasteiger partial charge in [0, 0.05) is 25.4 Å². The molecule has 2 unspecified atom stereocenters. The third kappa shape index (κ3) is 5.79. The number of aliphatic hydroxyl groups is 1. The average molecular weight is 472 g/mol. The molecule has 3 aromatic rings. The first-order chi connectivity index (χ1) is 16.9. The van der Waals surface area contributed by atoms with Crippen LogP contribution in [0.1, 0.15) is 23.7 Å². The largest absolute Gasteiger partial charge is 0.391 e. The number of aliphatic imine (C=N–C) groups is 1. The molecule has 2 heterocycles. The van der Waals surface area contributed by atoms with Crippen LogP contribution in [0.2, 0.25) is 0 Å². The van der Waals surface area contributed by atoms with Gasteiger partial charge in [-0.1, -0.05) is 54.6 Å². The Labute approximate surface area is 204 Å². The molecule has 180 valence electrons. The fourth-order valence-corrected chi connectivity index (χ4v) is 3.95. The van der Waals surface area contributed by atoms with Crippen molar-refractivity contribution >= 4 is 23.2 Å². The second kappa shape index (κ2) is 11.0. The molecule has 1 aliphatic heterocycles. The number of aliphatic hydroxyl groups excluding tert-OH is 1. The van der Waals surface area contributed by atoms with Crippen LogP contribution in [-0.2, 0) is 16.0 Å². The van der Waals surface area contributed by atoms with Crippen LogP contribution in [0.3, 0.4) is 0 Å². The van der Waals surface area contributed by atoms with E-state index in [9.17, 15) is 14.7 Å². The first kappa shape index (κ1) is 24.3. The zero-order valence-electron chi connectivity index (χ0n) is 19.8. The van der Waals surface area contributed by atoms with E-state index in [1.165, 1.54) is 4.90 Å². The summed E-state index contributed by atoms with van der Waals surface area (Å²) in [5, 5.41) is 16.1. The van der Waals surface area contributed by atoms with E-state index in [0.717, 1.165) is 11.1 Å². The highest BCUT2D eigenvalue weighted by atomic mass is 16.3. The summed E-state index contributed by atoms with van der Waals surface area (Å²) in [6.45, 7) is 1.92. The molecule has 8 nitrogen and oxygen atoms in total. The van der Waals surface area contributed by atoms with Crippen molar-refractivity contribution in [1.29, 1.82) is 0 Å². The second-order valence-electron chi connectivity index (χ2n) is 8.49. The van der Waals surface area contributed by atoms with Gasteiger partial charge < -0.3 is 20.6 Å². The molecule has 1 aromatic heterocycles. The van der Waals surface area contributed by atoms with Gasteiger partial charge >= 0.3 is 0 Å². The van der Waals surface area contributed by atoms with Crippen LogP contribution in [0, 0.1) is 0 Å². The number of aromatic nitrogens is 1. The summed E-state index contributed by atoms with van der Waals surface area (Å²) in [6, 6.07) is 22.0. The molecule has 8 heteroatoms. The molecular weight excluding hydrogens is 442 g/mol. The minimum atomic E-state index is -1.12. The Bertz CT molecular complexity index is 1200. The van der Waals surface area contributed by atoms with Gasteiger partial charge in [-0.25, -0.2) is 4.99 Å². The fraction of sp³-hybridized carbons (Fsp3) is 0.259. The summed E-state index contributed by atoms with van der Waals surface area (Å²) in [7, 11) is 1.67. The van der Waals surface area contributed by atoms with Crippen LogP contribution >= 0.6 is 0 Å². The van der Waals surface area contributed by atoms with Crippen molar-refractivity contribution in [2.24, 2.45) is 4.99 Å². The number of amides is 2. The number of anilines is 1. The first-order valence-corrected chi connectivity index (χ1v) is 11.6. The van der Waals surface area contributed by atoms with Crippen LogP contribution in [0.4, 0.5) is 5.69 Å². The Balaban J connectivity index is 1.48. The number of rotatable bonds is 8. The lowest BCUT2D eigenvalue weighted by Gasteiger charge is -2.22. The predicted molar refractivity (Wildman–Crippen MR) is 135 cm³/mol. The molecule has 1 aliphatic rings. The number of carbonyl (C=O) groups is 2. The molecule has 2 amide bonds. The minimum Gasteiger partial charge on any atom is -0.391 e. The van der Waals surface area contributed by atoms with E-state index in [-0.39, 0.29) is 12.5 Å². The van der Waals surface area contributed by atoms with Gasteiger partial charge in [0.2, 0.25) is 12.1 Å². The van der Waals surface area contributed by atoms with Crippen molar-refractivity contribution in [3.63, 3.8) is 0 Å². The topological polar surface area (TPSA) is 107 Å². The Morgan fingerprint density at radius 2 is 1.77 bits per heavy atom. The number of hydrogen-bond donors (Lipinski definition) is 3. The third-order valence-electron chi connectivity index (χ3n) is 5.90. The highest BCUT2D eigenvalue weighted by Gasteiger charge is 2.32. The molecular formula is C27H29N5O3. The van der Waals surface area contributed by atoms with Gasteiger partial charge in [0.05, 0.1) is 29.2 Å². The number of nitrogens with zero attached hydrogens (tertiary/aromatic N) is 3. The molecule has 3 N–H and O–H groups in total. The van der Waals surface area contributed by atoms with Gasteiger partial charge in [-0.3, -0.25) is 14.6 Å². The minimum absolute atomic E-state index is 0.232. The summed E-state index contributed by atoms with van der Waals surface area (Å²) in [6.07, 6.45) is 0.373. The Morgan fingerprint density at radius 1 is 1.06 bits per heavy atom. The zero-order chi connectivity index (χ0) is 24.8. The number of nitrogens with one attached hydrogen (secondary N) is 2. The SMILES string of the molecule is C[C@H](NCC(O)Cc1ccccc1)C(=O)NC1N=C(c2ccccn2)c2ccccc2N(C)C1=O. The number of benzodiazepines with no additional fused rings is 1. The summed E-state index contributed by atoms with van der Waals surface area (Å²) >= 11 is 0. The molecule has 35 heavy (non-hydrogen) atoms. The number of likely N-dealkylation sites (N-methyl/N-ethyl adjacent to an activating group) is 1. The smallest absolute Gasteiger partial charge is 0.272 e. The number of carbonyl (C=O) groups excluding carboxylic acids is 2. The van der Waals surface area contributed by atoms with Crippen molar-refractivity contribution in [2.75, 3.05) is 18.5 Å². The van der Waals surface area contributed by atoms with E-state index in [1.807, 2.05) is 72.8 Å². The van der Waals surface area contributed by atoms with E-state index < -0.39 is 24.2 Å². The predicted octanol–water partition coefficient (Wildman–Crippen LogP) is 1.92. The highest BCUT2D eigenvalue weighted by Crippen LogP contribution is 2.26. The van der Waals surface area contributed by atoms with Crippen LogP contribution in [0.5, 0.6) is 0 Å². The maximum atomic E-state index is 13.2. The molecule has 0 saturated heterocycles. The molecule has 0 spiro atoms. The van der Waals surface area contributed by atoms with Crippen molar-refractivity contribution in [3.8, 4) is 0 Å². The Hall–Kier alpha value is -3.88. The second-order valence-corrected chi connectivity index (χ2v) is 8.49. The molecule has 0 saturated carbocycles. The molecule has 0 radical (unpaired) electrons. The zero-order valence-corrected chi connectivity index (χ0v) is 19.8.